The zero-order valence-corrected chi connectivity index (χ0v) is 31.2. The zero-order valence-electron chi connectivity index (χ0n) is 31.2. The minimum Gasteiger partial charge on any atom is -0.466 e. The summed E-state index contributed by atoms with van der Waals surface area (Å²) in [5.41, 5.74) is 0. The average Bonchev–Trinajstić information content (AvgIpc) is 3.04. The Labute approximate surface area is 283 Å². The van der Waals surface area contributed by atoms with Gasteiger partial charge in [-0.25, -0.2) is 0 Å². The Balaban J connectivity index is 3.83. The van der Waals surface area contributed by atoms with Crippen LogP contribution in [-0.4, -0.2) is 48.8 Å². The molecule has 1 unspecified atom stereocenters. The van der Waals surface area contributed by atoms with Crippen LogP contribution in [0.5, 0.6) is 0 Å². The third-order valence-electron chi connectivity index (χ3n) is 9.80. The van der Waals surface area contributed by atoms with E-state index in [-0.39, 0.29) is 12.6 Å². The quantitative estimate of drug-likeness (QED) is 0.0540. The summed E-state index contributed by atoms with van der Waals surface area (Å²) in [7, 11) is 0. The van der Waals surface area contributed by atoms with E-state index in [0.717, 1.165) is 51.2 Å². The van der Waals surface area contributed by atoms with Gasteiger partial charge in [0.25, 0.3) is 0 Å². The maximum atomic E-state index is 11.8. The van der Waals surface area contributed by atoms with E-state index >= 15 is 0 Å². The first-order valence-electron chi connectivity index (χ1n) is 20.7. The number of hydrogen-bond acceptors (Lipinski definition) is 4. The Hall–Kier alpha value is -0.610. The number of esters is 1. The van der Waals surface area contributed by atoms with Gasteiger partial charge >= 0.3 is 5.97 Å². The molecule has 0 aromatic heterocycles. The smallest absolute Gasteiger partial charge is 0.305 e. The molecule has 0 bridgehead atoms. The van der Waals surface area contributed by atoms with Gasteiger partial charge in [0.2, 0.25) is 0 Å². The number of carbonyl (C=O) groups excluding carboxylic acids is 1. The summed E-state index contributed by atoms with van der Waals surface area (Å²) in [6.45, 7) is 10.7. The van der Waals surface area contributed by atoms with E-state index < -0.39 is 0 Å². The first-order chi connectivity index (χ1) is 22.2. The van der Waals surface area contributed by atoms with Gasteiger partial charge in [0.1, 0.15) is 0 Å². The van der Waals surface area contributed by atoms with Gasteiger partial charge in [0.05, 0.1) is 13.2 Å². The molecule has 1 atom stereocenters. The largest absolute Gasteiger partial charge is 0.466 e. The lowest BCUT2D eigenvalue weighted by Crippen LogP contribution is -2.29. The molecule has 0 amide bonds. The minimum absolute atomic E-state index is 0.0171. The van der Waals surface area contributed by atoms with Crippen molar-refractivity contribution in [1.82, 2.24) is 4.90 Å². The summed E-state index contributed by atoms with van der Waals surface area (Å²) in [6, 6.07) is 0. The number of nitrogens with zero attached hydrogens (tertiary/aromatic N) is 1. The SMILES string of the molecule is CCCCCCCCC(CCCCCCC)CCCCCCCCCN(CCO)CCCCCCCC(=O)OCCCCCC. The summed E-state index contributed by atoms with van der Waals surface area (Å²) in [4.78, 5) is 14.3. The van der Waals surface area contributed by atoms with Crippen LogP contribution in [0.3, 0.4) is 0 Å². The second-order valence-electron chi connectivity index (χ2n) is 14.3. The number of carbonyl (C=O) groups is 1. The predicted molar refractivity (Wildman–Crippen MR) is 198 cm³/mol. The topological polar surface area (TPSA) is 49.8 Å². The summed E-state index contributed by atoms with van der Waals surface area (Å²) < 4.78 is 5.34. The molecule has 0 saturated carbocycles. The van der Waals surface area contributed by atoms with Crippen molar-refractivity contribution in [2.24, 2.45) is 5.92 Å². The molecule has 0 radical (unpaired) electrons. The third kappa shape index (κ3) is 34.5. The Kier molecular flexibility index (Phi) is 37.3. The van der Waals surface area contributed by atoms with E-state index in [4.69, 9.17) is 4.74 Å². The molecule has 0 rings (SSSR count). The van der Waals surface area contributed by atoms with Crippen LogP contribution in [0.1, 0.15) is 220 Å². The van der Waals surface area contributed by atoms with Crippen LogP contribution < -0.4 is 0 Å². The molecule has 0 aliphatic rings. The highest BCUT2D eigenvalue weighted by atomic mass is 16.5. The maximum absolute atomic E-state index is 11.8. The van der Waals surface area contributed by atoms with Crippen LogP contribution in [0.4, 0.5) is 0 Å². The van der Waals surface area contributed by atoms with Crippen molar-refractivity contribution in [3.05, 3.63) is 0 Å². The molecule has 0 saturated heterocycles. The first-order valence-corrected chi connectivity index (χ1v) is 20.7. The Morgan fingerprint density at radius 2 is 0.867 bits per heavy atom. The van der Waals surface area contributed by atoms with Crippen LogP contribution in [0, 0.1) is 5.92 Å². The molecular weight excluding hydrogens is 554 g/mol. The molecule has 0 aromatic rings. The van der Waals surface area contributed by atoms with Crippen LogP contribution in [0.15, 0.2) is 0 Å². The van der Waals surface area contributed by atoms with Crippen molar-refractivity contribution in [1.29, 1.82) is 0 Å². The van der Waals surface area contributed by atoms with E-state index in [0.29, 0.717) is 13.0 Å². The lowest BCUT2D eigenvalue weighted by atomic mass is 9.89. The molecule has 4 nitrogen and oxygen atoms in total. The number of unbranched alkanes of at least 4 members (excludes halogenated alkanes) is 22. The number of rotatable bonds is 38. The van der Waals surface area contributed by atoms with E-state index in [1.54, 1.807) is 0 Å². The van der Waals surface area contributed by atoms with E-state index in [2.05, 4.69) is 25.7 Å². The van der Waals surface area contributed by atoms with Crippen LogP contribution in [0.2, 0.25) is 0 Å². The van der Waals surface area contributed by atoms with Gasteiger partial charge in [-0.1, -0.05) is 188 Å². The standard InChI is InChI=1S/C41H83NO3/c1-4-7-10-13-19-25-32-40(31-24-18-11-8-5-2)33-26-20-15-14-16-22-28-35-42(37-38-43)36-29-23-17-21-27-34-41(44)45-39-30-12-9-6-3/h40,43H,4-39H2,1-3H3. The predicted octanol–water partition coefficient (Wildman–Crippen LogP) is 12.6. The minimum atomic E-state index is -0.0171. The lowest BCUT2D eigenvalue weighted by molar-refractivity contribution is -0.143. The molecule has 0 aromatic carbocycles. The summed E-state index contributed by atoms with van der Waals surface area (Å²) in [5.74, 6) is 0.973. The molecular formula is C41H83NO3. The fraction of sp³-hybridized carbons (Fsp3) is 0.976. The number of aliphatic hydroxyl groups is 1. The van der Waals surface area contributed by atoms with Gasteiger partial charge in [-0.3, -0.25) is 4.79 Å². The summed E-state index contributed by atoms with van der Waals surface area (Å²) >= 11 is 0. The van der Waals surface area contributed by atoms with E-state index in [1.165, 1.54) is 167 Å². The molecule has 270 valence electrons. The molecule has 0 aliphatic carbocycles. The summed E-state index contributed by atoms with van der Waals surface area (Å²) in [6.07, 6.45) is 40.7. The number of ether oxygens (including phenoxy) is 1. The Bertz CT molecular complexity index is 569. The van der Waals surface area contributed by atoms with Gasteiger partial charge in [-0.2, -0.15) is 0 Å². The van der Waals surface area contributed by atoms with Gasteiger partial charge in [-0.05, 0) is 44.7 Å². The Morgan fingerprint density at radius 1 is 0.489 bits per heavy atom. The first kappa shape index (κ1) is 44.4. The van der Waals surface area contributed by atoms with Crippen LogP contribution >= 0.6 is 0 Å². The molecule has 0 aliphatic heterocycles. The highest BCUT2D eigenvalue weighted by molar-refractivity contribution is 5.69. The van der Waals surface area contributed by atoms with Crippen LogP contribution in [0.25, 0.3) is 0 Å². The van der Waals surface area contributed by atoms with E-state index in [1.807, 2.05) is 0 Å². The van der Waals surface area contributed by atoms with Gasteiger partial charge in [0, 0.05) is 13.0 Å². The normalized spacial score (nSPS) is 12.3. The van der Waals surface area contributed by atoms with Crippen molar-refractivity contribution < 1.29 is 14.6 Å². The molecule has 1 N–H and O–H groups in total. The van der Waals surface area contributed by atoms with Crippen molar-refractivity contribution in [3.8, 4) is 0 Å². The van der Waals surface area contributed by atoms with Crippen molar-refractivity contribution in [3.63, 3.8) is 0 Å². The van der Waals surface area contributed by atoms with Crippen LogP contribution in [-0.2, 0) is 9.53 Å². The van der Waals surface area contributed by atoms with E-state index in [9.17, 15) is 9.90 Å². The van der Waals surface area contributed by atoms with Crippen molar-refractivity contribution in [2.45, 2.75) is 220 Å². The Morgan fingerprint density at radius 3 is 1.31 bits per heavy atom. The molecule has 0 spiro atoms. The average molecular weight is 638 g/mol. The van der Waals surface area contributed by atoms with Gasteiger partial charge < -0.3 is 14.7 Å². The maximum Gasteiger partial charge on any atom is 0.305 e. The lowest BCUT2D eigenvalue weighted by Gasteiger charge is -2.21. The molecule has 4 heteroatoms. The summed E-state index contributed by atoms with van der Waals surface area (Å²) in [5, 5.41) is 9.52. The highest BCUT2D eigenvalue weighted by Gasteiger charge is 2.09. The zero-order chi connectivity index (χ0) is 32.9. The van der Waals surface area contributed by atoms with Gasteiger partial charge in [0.15, 0.2) is 0 Å². The van der Waals surface area contributed by atoms with Crippen molar-refractivity contribution >= 4 is 5.97 Å². The number of aliphatic hydroxyl groups excluding tert-OH is 1. The number of hydrogen-bond donors (Lipinski definition) is 1. The van der Waals surface area contributed by atoms with Crippen molar-refractivity contribution in [2.75, 3.05) is 32.8 Å². The third-order valence-corrected chi connectivity index (χ3v) is 9.80. The molecule has 0 heterocycles. The second kappa shape index (κ2) is 37.8. The second-order valence-corrected chi connectivity index (χ2v) is 14.3. The molecule has 45 heavy (non-hydrogen) atoms. The highest BCUT2D eigenvalue weighted by Crippen LogP contribution is 2.25. The fourth-order valence-corrected chi connectivity index (χ4v) is 6.73. The van der Waals surface area contributed by atoms with Gasteiger partial charge in [-0.15, -0.1) is 0 Å². The monoisotopic (exact) mass is 638 g/mol. The fourth-order valence-electron chi connectivity index (χ4n) is 6.73. The molecule has 0 fully saturated rings.